The van der Waals surface area contributed by atoms with E-state index in [0.29, 0.717) is 6.04 Å². The molecule has 0 bridgehead atoms. The average Bonchev–Trinajstić information content (AvgIpc) is 2.50. The molecule has 1 atom stereocenters. The number of hydrogen-bond donors (Lipinski definition) is 0. The Hall–Kier alpha value is 0.0987. The van der Waals surface area contributed by atoms with Gasteiger partial charge < -0.3 is 10.6 Å². The van der Waals surface area contributed by atoms with Crippen molar-refractivity contribution in [2.45, 2.75) is 25.3 Å². The second kappa shape index (κ2) is 9.11. The van der Waals surface area contributed by atoms with Crippen molar-refractivity contribution in [1.82, 2.24) is 0 Å². The first-order valence-corrected chi connectivity index (χ1v) is 17.0. The summed E-state index contributed by atoms with van der Waals surface area (Å²) in [4.78, 5) is 0. The van der Waals surface area contributed by atoms with Crippen LogP contribution in [0.2, 0.25) is 0 Å². The molecule has 2 heterocycles. The number of hydrogen-bond acceptors (Lipinski definition) is 0. The Morgan fingerprint density at radius 1 is 1.26 bits per heavy atom. The Morgan fingerprint density at radius 2 is 2.00 bits per heavy atom. The molecule has 0 saturated carbocycles. The van der Waals surface area contributed by atoms with Gasteiger partial charge in [-0.3, -0.25) is 0 Å². The first-order chi connectivity index (χ1) is 9.09. The zero-order valence-electron chi connectivity index (χ0n) is 11.1. The van der Waals surface area contributed by atoms with Crippen molar-refractivity contribution in [2.75, 3.05) is 13.1 Å². The third kappa shape index (κ3) is 6.89. The number of halogens is 2. The fourth-order valence-electron chi connectivity index (χ4n) is 1.77. The maximum atomic E-state index is 5.64. The average molecular weight is 406 g/mol. The Labute approximate surface area is 127 Å². The molecule has 0 aromatic carbocycles. The van der Waals surface area contributed by atoms with E-state index in [0.717, 1.165) is 13.1 Å². The quantitative estimate of drug-likeness (QED) is 0.584. The molecule has 5 heteroatoms. The van der Waals surface area contributed by atoms with Gasteiger partial charge >= 0.3 is 55.3 Å². The molecule has 0 amide bonds. The third-order valence-corrected chi connectivity index (χ3v) is 10.2. The predicted molar refractivity (Wildman–Crippen MR) is 89.2 cm³/mol. The molecule has 0 aromatic rings. The molecular formula is C14H20Cl2N2Sn-2. The standard InChI is InChI=1S/C10H14N2.2C2H3.2ClH.Sn/c1-3-7-11-9(5-1)10-6-2-4-8-12-10;2*1-2;;;/h1,3,5,10H,2,4,6-8H2;2*1H,2H2;2*1H;/q-2;;;;;+2/p-2. The van der Waals surface area contributed by atoms with Crippen LogP contribution in [0.15, 0.2) is 45.3 Å². The molecule has 1 fully saturated rings. The van der Waals surface area contributed by atoms with Crippen molar-refractivity contribution in [3.8, 4) is 0 Å². The molecule has 2 nitrogen and oxygen atoms in total. The van der Waals surface area contributed by atoms with Crippen LogP contribution in [-0.2, 0) is 0 Å². The van der Waals surface area contributed by atoms with Crippen molar-refractivity contribution in [3.05, 3.63) is 55.9 Å². The molecule has 19 heavy (non-hydrogen) atoms. The summed E-state index contributed by atoms with van der Waals surface area (Å²) in [6.07, 6.45) is 10.0. The molecule has 2 rings (SSSR count). The summed E-state index contributed by atoms with van der Waals surface area (Å²) in [6.45, 7) is 8.80. The topological polar surface area (TPSA) is 28.2 Å². The van der Waals surface area contributed by atoms with Crippen LogP contribution in [0.4, 0.5) is 0 Å². The predicted octanol–water partition coefficient (Wildman–Crippen LogP) is 5.10. The molecule has 2 aliphatic heterocycles. The second-order valence-corrected chi connectivity index (χ2v) is 20.2. The van der Waals surface area contributed by atoms with Gasteiger partial charge in [0.05, 0.1) is 0 Å². The summed E-state index contributed by atoms with van der Waals surface area (Å²) >= 11 is -2.81. The summed E-state index contributed by atoms with van der Waals surface area (Å²) < 4.78 is 3.23. The van der Waals surface area contributed by atoms with E-state index >= 15 is 0 Å². The van der Waals surface area contributed by atoms with Crippen LogP contribution < -0.4 is 0 Å². The molecule has 1 saturated heterocycles. The second-order valence-electron chi connectivity index (χ2n) is 4.36. The van der Waals surface area contributed by atoms with Crippen molar-refractivity contribution in [3.63, 3.8) is 0 Å². The fourth-order valence-corrected chi connectivity index (χ4v) is 2.24. The van der Waals surface area contributed by atoms with Gasteiger partial charge in [0.2, 0.25) is 0 Å². The Morgan fingerprint density at radius 3 is 2.42 bits per heavy atom. The SMILES string of the molecule is C1=CC[N-]C(C2CCCC[N-]2)=C1.C=[CH][Sn]([Cl])([Cl])[CH]=C. The molecule has 0 aromatic heterocycles. The monoisotopic (exact) mass is 406 g/mol. The van der Waals surface area contributed by atoms with Crippen LogP contribution in [0.25, 0.3) is 10.6 Å². The minimum atomic E-state index is -2.81. The molecular weight excluding hydrogens is 386 g/mol. The number of allylic oxidation sites excluding steroid dienone is 2. The van der Waals surface area contributed by atoms with Gasteiger partial charge in [-0.25, -0.2) is 0 Å². The van der Waals surface area contributed by atoms with Gasteiger partial charge in [-0.15, -0.1) is 25.2 Å². The van der Waals surface area contributed by atoms with E-state index in [1.165, 1.54) is 25.0 Å². The molecule has 0 radical (unpaired) electrons. The van der Waals surface area contributed by atoms with E-state index in [1.807, 2.05) is 0 Å². The van der Waals surface area contributed by atoms with E-state index in [4.69, 9.17) is 17.8 Å². The Bertz CT molecular complexity index is 348. The van der Waals surface area contributed by atoms with Crippen molar-refractivity contribution in [1.29, 1.82) is 0 Å². The molecule has 106 valence electrons. The Balaban J connectivity index is 0.000000224. The van der Waals surface area contributed by atoms with E-state index in [-0.39, 0.29) is 0 Å². The minimum absolute atomic E-state index is 0.406. The summed E-state index contributed by atoms with van der Waals surface area (Å²) in [7, 11) is 11.3. The summed E-state index contributed by atoms with van der Waals surface area (Å²) in [6, 6.07) is 0.406. The van der Waals surface area contributed by atoms with Crippen LogP contribution in [0.5, 0.6) is 0 Å². The first kappa shape index (κ1) is 17.2. The van der Waals surface area contributed by atoms with Gasteiger partial charge in [0, 0.05) is 0 Å². The van der Waals surface area contributed by atoms with Crippen LogP contribution in [0.3, 0.4) is 0 Å². The maximum absolute atomic E-state index is 5.64. The summed E-state index contributed by atoms with van der Waals surface area (Å²) in [5, 5.41) is 8.99. The van der Waals surface area contributed by atoms with E-state index < -0.39 is 16.1 Å². The van der Waals surface area contributed by atoms with Crippen molar-refractivity contribution in [2.24, 2.45) is 0 Å². The number of piperidine rings is 1. The van der Waals surface area contributed by atoms with E-state index in [2.05, 4.69) is 42.0 Å². The zero-order chi connectivity index (χ0) is 14.1. The third-order valence-electron chi connectivity index (χ3n) is 2.90. The normalized spacial score (nSPS) is 22.4. The molecule has 0 N–H and O–H groups in total. The first-order valence-electron chi connectivity index (χ1n) is 6.45. The van der Waals surface area contributed by atoms with Gasteiger partial charge in [-0.2, -0.15) is 5.70 Å². The van der Waals surface area contributed by atoms with Crippen LogP contribution in [0.1, 0.15) is 19.3 Å². The van der Waals surface area contributed by atoms with E-state index in [9.17, 15) is 0 Å². The molecule has 0 spiro atoms. The van der Waals surface area contributed by atoms with Crippen LogP contribution >= 0.6 is 17.8 Å². The van der Waals surface area contributed by atoms with Crippen LogP contribution in [-0.4, -0.2) is 35.3 Å². The summed E-state index contributed by atoms with van der Waals surface area (Å²) in [5.74, 6) is 0. The number of rotatable bonds is 3. The van der Waals surface area contributed by atoms with Gasteiger partial charge in [0.25, 0.3) is 0 Å². The molecule has 2 aliphatic rings. The van der Waals surface area contributed by atoms with Gasteiger partial charge in [-0.05, 0) is 0 Å². The van der Waals surface area contributed by atoms with E-state index in [1.54, 1.807) is 8.18 Å². The molecule has 0 aliphatic carbocycles. The number of nitrogens with zero attached hydrogens (tertiary/aromatic N) is 2. The zero-order valence-corrected chi connectivity index (χ0v) is 15.4. The van der Waals surface area contributed by atoms with Crippen molar-refractivity contribution >= 4 is 34.0 Å². The summed E-state index contributed by atoms with van der Waals surface area (Å²) in [5.41, 5.74) is 1.19. The van der Waals surface area contributed by atoms with Crippen molar-refractivity contribution < 1.29 is 0 Å². The Kier molecular flexibility index (Phi) is 8.22. The van der Waals surface area contributed by atoms with Gasteiger partial charge in [-0.1, -0.05) is 31.4 Å². The van der Waals surface area contributed by atoms with Crippen LogP contribution in [0, 0.1) is 0 Å². The van der Waals surface area contributed by atoms with Gasteiger partial charge in [0.1, 0.15) is 0 Å². The molecule has 1 unspecified atom stereocenters. The fraction of sp³-hybridized carbons (Fsp3) is 0.429. The van der Waals surface area contributed by atoms with Gasteiger partial charge in [0.15, 0.2) is 0 Å².